The van der Waals surface area contributed by atoms with Crippen molar-refractivity contribution in [2.24, 2.45) is 11.8 Å². The number of aromatic nitrogens is 2. The topological polar surface area (TPSA) is 76.9 Å². The van der Waals surface area contributed by atoms with Gasteiger partial charge in [-0.05, 0) is 80.3 Å². The number of amides is 1. The van der Waals surface area contributed by atoms with E-state index in [9.17, 15) is 14.0 Å². The lowest BCUT2D eigenvalue weighted by atomic mass is 9.96. The van der Waals surface area contributed by atoms with Crippen LogP contribution in [-0.4, -0.2) is 78.4 Å². The highest BCUT2D eigenvalue weighted by molar-refractivity contribution is 5.95. The van der Waals surface area contributed by atoms with Gasteiger partial charge in [-0.2, -0.15) is 0 Å². The lowest BCUT2D eigenvalue weighted by molar-refractivity contribution is 0.0600. The summed E-state index contributed by atoms with van der Waals surface area (Å²) in [4.78, 5) is 33.0. The number of hydrogen-bond acceptors (Lipinski definition) is 6. The largest absolute Gasteiger partial charge is 0.465 e. The number of benzene rings is 1. The first-order chi connectivity index (χ1) is 18.4. The SMILES string of the molecule is COC(=O)c1cc(F)ccc1-n1cc(C[C@@H]2CCN(CC3CCN(C(=O)OC)CC3)C2)c2c(C)cncc21. The number of ether oxygens (including phenoxy) is 2. The van der Waals surface area contributed by atoms with Gasteiger partial charge in [0.15, 0.2) is 0 Å². The third kappa shape index (κ3) is 5.25. The predicted molar refractivity (Wildman–Crippen MR) is 142 cm³/mol. The molecule has 1 atom stereocenters. The second-order valence-corrected chi connectivity index (χ2v) is 10.5. The Morgan fingerprint density at radius 2 is 1.82 bits per heavy atom. The van der Waals surface area contributed by atoms with Gasteiger partial charge in [0.25, 0.3) is 0 Å². The van der Waals surface area contributed by atoms with Crippen molar-refractivity contribution in [2.45, 2.75) is 32.6 Å². The molecule has 2 aromatic heterocycles. The molecule has 0 radical (unpaired) electrons. The van der Waals surface area contributed by atoms with E-state index in [1.807, 2.05) is 10.8 Å². The molecule has 9 heteroatoms. The summed E-state index contributed by atoms with van der Waals surface area (Å²) >= 11 is 0. The summed E-state index contributed by atoms with van der Waals surface area (Å²) in [6.45, 7) is 6.76. The van der Waals surface area contributed by atoms with Gasteiger partial charge in [-0.1, -0.05) is 0 Å². The van der Waals surface area contributed by atoms with Crippen LogP contribution in [0.1, 0.15) is 40.7 Å². The highest BCUT2D eigenvalue weighted by Gasteiger charge is 2.29. The van der Waals surface area contributed by atoms with Crippen LogP contribution in [0.2, 0.25) is 0 Å². The van der Waals surface area contributed by atoms with Crippen molar-refractivity contribution in [3.8, 4) is 5.69 Å². The molecule has 5 rings (SSSR count). The number of halogens is 1. The fourth-order valence-electron chi connectivity index (χ4n) is 6.14. The number of esters is 1. The van der Waals surface area contributed by atoms with E-state index in [0.717, 1.165) is 74.9 Å². The molecule has 0 aliphatic carbocycles. The van der Waals surface area contributed by atoms with Crippen LogP contribution < -0.4 is 0 Å². The van der Waals surface area contributed by atoms with Crippen LogP contribution in [0.5, 0.6) is 0 Å². The van der Waals surface area contributed by atoms with E-state index in [1.165, 1.54) is 31.9 Å². The molecule has 0 unspecified atom stereocenters. The van der Waals surface area contributed by atoms with E-state index < -0.39 is 11.8 Å². The number of likely N-dealkylation sites (tertiary alicyclic amines) is 2. The fraction of sp³-hybridized carbons (Fsp3) is 0.483. The van der Waals surface area contributed by atoms with Crippen LogP contribution >= 0.6 is 0 Å². The van der Waals surface area contributed by atoms with E-state index in [2.05, 4.69) is 23.0 Å². The summed E-state index contributed by atoms with van der Waals surface area (Å²) in [6.07, 6.45) is 9.58. The van der Waals surface area contributed by atoms with Crippen molar-refractivity contribution in [1.29, 1.82) is 0 Å². The van der Waals surface area contributed by atoms with Crippen LogP contribution in [0.15, 0.2) is 36.8 Å². The molecular formula is C29H35FN4O4. The second kappa shape index (κ2) is 11.1. The number of hydrogen-bond donors (Lipinski definition) is 0. The Kier molecular flexibility index (Phi) is 7.65. The molecule has 1 amide bonds. The normalized spacial score (nSPS) is 18.7. The summed E-state index contributed by atoms with van der Waals surface area (Å²) in [6, 6.07) is 4.21. The molecule has 0 N–H and O–H groups in total. The van der Waals surface area contributed by atoms with E-state index in [-0.39, 0.29) is 11.7 Å². The van der Waals surface area contributed by atoms with E-state index in [0.29, 0.717) is 17.5 Å². The summed E-state index contributed by atoms with van der Waals surface area (Å²) < 4.78 is 25.8. The number of aryl methyl sites for hydroxylation is 1. The number of pyridine rings is 1. The van der Waals surface area contributed by atoms with Crippen LogP contribution in [0, 0.1) is 24.6 Å². The van der Waals surface area contributed by atoms with Crippen LogP contribution in [0.4, 0.5) is 9.18 Å². The first-order valence-electron chi connectivity index (χ1n) is 13.3. The molecule has 202 valence electrons. The third-order valence-corrected chi connectivity index (χ3v) is 8.05. The average molecular weight is 523 g/mol. The highest BCUT2D eigenvalue weighted by Crippen LogP contribution is 2.33. The van der Waals surface area contributed by atoms with Crippen molar-refractivity contribution < 1.29 is 23.5 Å². The third-order valence-electron chi connectivity index (χ3n) is 8.05. The second-order valence-electron chi connectivity index (χ2n) is 10.5. The van der Waals surface area contributed by atoms with Gasteiger partial charge < -0.3 is 23.8 Å². The Labute approximate surface area is 222 Å². The smallest absolute Gasteiger partial charge is 0.409 e. The van der Waals surface area contributed by atoms with E-state index >= 15 is 0 Å². The molecule has 0 saturated carbocycles. The first kappa shape index (κ1) is 26.2. The zero-order chi connectivity index (χ0) is 26.8. The molecule has 0 spiro atoms. The highest BCUT2D eigenvalue weighted by atomic mass is 19.1. The van der Waals surface area contributed by atoms with Gasteiger partial charge in [0, 0.05) is 44.0 Å². The van der Waals surface area contributed by atoms with E-state index in [1.54, 1.807) is 17.2 Å². The number of rotatable bonds is 6. The van der Waals surface area contributed by atoms with Gasteiger partial charge in [-0.15, -0.1) is 0 Å². The maximum atomic E-state index is 14.0. The average Bonchev–Trinajstić information content (AvgIpc) is 3.53. The van der Waals surface area contributed by atoms with Crippen LogP contribution in [0.25, 0.3) is 16.6 Å². The van der Waals surface area contributed by atoms with Gasteiger partial charge in [0.05, 0.1) is 37.2 Å². The zero-order valence-electron chi connectivity index (χ0n) is 22.3. The zero-order valence-corrected chi connectivity index (χ0v) is 22.3. The molecule has 2 fully saturated rings. The predicted octanol–water partition coefficient (Wildman–Crippen LogP) is 4.60. The Bertz CT molecular complexity index is 1330. The lowest BCUT2D eigenvalue weighted by Gasteiger charge is -2.33. The maximum absolute atomic E-state index is 14.0. The minimum absolute atomic E-state index is 0.183. The Balaban J connectivity index is 1.33. The molecular weight excluding hydrogens is 487 g/mol. The molecule has 1 aromatic carbocycles. The molecule has 0 bridgehead atoms. The number of methoxy groups -OCH3 is 2. The Morgan fingerprint density at radius 3 is 2.55 bits per heavy atom. The van der Waals surface area contributed by atoms with Gasteiger partial charge in [-0.3, -0.25) is 4.98 Å². The van der Waals surface area contributed by atoms with Crippen molar-refractivity contribution in [2.75, 3.05) is 46.9 Å². The molecule has 3 aromatic rings. The quantitative estimate of drug-likeness (QED) is 0.441. The van der Waals surface area contributed by atoms with Crippen molar-refractivity contribution in [3.05, 3.63) is 59.3 Å². The monoisotopic (exact) mass is 522 g/mol. The molecule has 8 nitrogen and oxygen atoms in total. The van der Waals surface area contributed by atoms with Gasteiger partial charge in [-0.25, -0.2) is 14.0 Å². The van der Waals surface area contributed by atoms with Gasteiger partial charge >= 0.3 is 12.1 Å². The maximum Gasteiger partial charge on any atom is 0.409 e. The standard InChI is InChI=1S/C29H35FN4O4/c1-19-14-31-15-26-27(19)22(18-34(26)25-5-4-23(30)13-24(25)28(35)37-2)12-21-6-9-32(17-21)16-20-7-10-33(11-8-20)29(36)38-3/h4-5,13-15,18,20-21H,6-12,16-17H2,1-3H3/t21-/m0/s1. The molecule has 2 saturated heterocycles. The molecule has 2 aliphatic rings. The van der Waals surface area contributed by atoms with Crippen molar-refractivity contribution in [3.63, 3.8) is 0 Å². The molecule has 2 aliphatic heterocycles. The molecule has 38 heavy (non-hydrogen) atoms. The summed E-state index contributed by atoms with van der Waals surface area (Å²) in [5, 5.41) is 1.13. The minimum Gasteiger partial charge on any atom is -0.465 e. The summed E-state index contributed by atoms with van der Waals surface area (Å²) in [5.74, 6) is 0.0553. The van der Waals surface area contributed by atoms with Crippen LogP contribution in [0.3, 0.4) is 0 Å². The van der Waals surface area contributed by atoms with Gasteiger partial charge in [0.2, 0.25) is 0 Å². The Morgan fingerprint density at radius 1 is 1.05 bits per heavy atom. The van der Waals surface area contributed by atoms with Gasteiger partial charge in [0.1, 0.15) is 5.82 Å². The van der Waals surface area contributed by atoms with Crippen molar-refractivity contribution in [1.82, 2.24) is 19.4 Å². The lowest BCUT2D eigenvalue weighted by Crippen LogP contribution is -2.41. The summed E-state index contributed by atoms with van der Waals surface area (Å²) in [7, 11) is 2.74. The number of nitrogens with zero attached hydrogens (tertiary/aromatic N) is 4. The van der Waals surface area contributed by atoms with Crippen LogP contribution in [-0.2, 0) is 15.9 Å². The fourth-order valence-corrected chi connectivity index (χ4v) is 6.14. The van der Waals surface area contributed by atoms with Crippen molar-refractivity contribution >= 4 is 23.0 Å². The number of fused-ring (bicyclic) bond motifs is 1. The minimum atomic E-state index is -0.577. The summed E-state index contributed by atoms with van der Waals surface area (Å²) in [5.41, 5.74) is 3.93. The number of carbonyl (C=O) groups excluding carboxylic acids is 2. The Hall–Kier alpha value is -3.46. The van der Waals surface area contributed by atoms with E-state index in [4.69, 9.17) is 9.47 Å². The number of piperidine rings is 1. The first-order valence-corrected chi connectivity index (χ1v) is 13.3. The number of carbonyl (C=O) groups is 2. The molecule has 4 heterocycles.